The summed E-state index contributed by atoms with van der Waals surface area (Å²) in [7, 11) is 2.80. The number of cyclic esters (lactones) is 1. The topological polar surface area (TPSA) is 78.0 Å². The molecule has 1 aliphatic heterocycles. The van der Waals surface area contributed by atoms with Gasteiger partial charge in [0.2, 0.25) is 5.88 Å². The lowest BCUT2D eigenvalue weighted by atomic mass is 9.72. The van der Waals surface area contributed by atoms with Crippen LogP contribution in [0.3, 0.4) is 0 Å². The summed E-state index contributed by atoms with van der Waals surface area (Å²) in [6.45, 7) is 7.59. The lowest BCUT2D eigenvalue weighted by Gasteiger charge is -2.35. The van der Waals surface area contributed by atoms with Crippen LogP contribution in [0.5, 0.6) is 5.88 Å². The first-order chi connectivity index (χ1) is 22.8. The van der Waals surface area contributed by atoms with E-state index in [-0.39, 0.29) is 18.0 Å². The van der Waals surface area contributed by atoms with E-state index in [2.05, 4.69) is 18.8 Å². The molecule has 2 aliphatic rings. The lowest BCUT2D eigenvalue weighted by Crippen LogP contribution is -2.35. The van der Waals surface area contributed by atoms with E-state index in [0.29, 0.717) is 42.0 Å². The number of alkyl halides is 6. The van der Waals surface area contributed by atoms with E-state index in [4.69, 9.17) is 14.2 Å². The van der Waals surface area contributed by atoms with Gasteiger partial charge >= 0.3 is 24.4 Å². The molecular weight excluding hydrogens is 654 g/mol. The van der Waals surface area contributed by atoms with Gasteiger partial charge in [0.05, 0.1) is 37.0 Å². The number of rotatable bonds is 7. The van der Waals surface area contributed by atoms with Crippen LogP contribution in [0.2, 0.25) is 0 Å². The van der Waals surface area contributed by atoms with Gasteiger partial charge in [-0.2, -0.15) is 26.3 Å². The molecule has 13 heteroatoms. The number of amides is 1. The maximum atomic E-state index is 13.6. The second-order valence-corrected chi connectivity index (χ2v) is 13.2. The molecule has 0 saturated carbocycles. The van der Waals surface area contributed by atoms with E-state index in [9.17, 15) is 35.9 Å². The average Bonchev–Trinajstić information content (AvgIpc) is 3.31. The maximum Gasteiger partial charge on any atom is 0.416 e. The highest BCUT2D eigenvalue weighted by Crippen LogP contribution is 2.47. The number of esters is 1. The third-order valence-corrected chi connectivity index (χ3v) is 9.19. The quantitative estimate of drug-likeness (QED) is 0.182. The summed E-state index contributed by atoms with van der Waals surface area (Å²) in [6, 6.07) is 7.46. The van der Waals surface area contributed by atoms with Crippen molar-refractivity contribution < 1.29 is 50.1 Å². The molecule has 2 atom stereocenters. The van der Waals surface area contributed by atoms with Gasteiger partial charge in [-0.15, -0.1) is 0 Å². The number of benzene rings is 2. The van der Waals surface area contributed by atoms with Gasteiger partial charge in [0.1, 0.15) is 6.10 Å². The van der Waals surface area contributed by atoms with Crippen molar-refractivity contribution in [3.05, 3.63) is 87.6 Å². The van der Waals surface area contributed by atoms with Gasteiger partial charge in [-0.25, -0.2) is 14.6 Å². The monoisotopic (exact) mass is 690 g/mol. The number of carbonyl (C=O) groups is 2. The fourth-order valence-electron chi connectivity index (χ4n) is 6.61. The van der Waals surface area contributed by atoms with Crippen LogP contribution in [-0.2, 0) is 21.8 Å². The SMILES string of the molecule is COC(=O)c1ccc(-c2cnc(OC)c(C3=C(CN4C(=O)O[C@H](c5cc(C(F)(F)F)cc(C(F)(F)F)c5)C4C)CC(C)(C)CC3)c2)c(C)c1. The Kier molecular flexibility index (Phi) is 9.52. The van der Waals surface area contributed by atoms with Gasteiger partial charge in [-0.1, -0.05) is 19.9 Å². The second kappa shape index (κ2) is 13.1. The number of halogens is 6. The Hall–Kier alpha value is -4.55. The number of nitrogens with zero attached hydrogens (tertiary/aromatic N) is 2. The molecule has 1 fully saturated rings. The zero-order valence-corrected chi connectivity index (χ0v) is 27.8. The van der Waals surface area contributed by atoms with Crippen molar-refractivity contribution in [2.75, 3.05) is 20.8 Å². The fourth-order valence-corrected chi connectivity index (χ4v) is 6.61. The summed E-state index contributed by atoms with van der Waals surface area (Å²) in [5.74, 6) is -0.119. The van der Waals surface area contributed by atoms with E-state index < -0.39 is 53.3 Å². The number of carbonyl (C=O) groups excluding carboxylic acids is 2. The highest BCUT2D eigenvalue weighted by atomic mass is 19.4. The average molecular weight is 691 g/mol. The maximum absolute atomic E-state index is 13.6. The van der Waals surface area contributed by atoms with Crippen LogP contribution in [-0.4, -0.2) is 48.8 Å². The van der Waals surface area contributed by atoms with Gasteiger partial charge in [-0.05, 0) is 103 Å². The minimum atomic E-state index is -5.04. The minimum absolute atomic E-state index is 0.0284. The summed E-state index contributed by atoms with van der Waals surface area (Å²) < 4.78 is 97.7. The molecule has 1 saturated heterocycles. The Morgan fingerprint density at radius 2 is 1.65 bits per heavy atom. The van der Waals surface area contributed by atoms with Crippen LogP contribution in [0.25, 0.3) is 16.7 Å². The molecule has 0 N–H and O–H groups in total. The Labute approximate surface area is 279 Å². The standard InChI is InChI=1S/C36H36F6N2O5/c1-19-11-21(32(45)48-6)7-8-27(19)23-14-29(31(47-5)43-17-23)28-9-10-34(3,4)16-24(28)18-44-20(2)30(49-33(44)46)22-12-25(35(37,38)39)15-26(13-22)36(40,41)42/h7-8,11-15,17,20,30H,9-10,16,18H2,1-6H3/t20?,30-/m0/s1. The highest BCUT2D eigenvalue weighted by Gasteiger charge is 2.44. The molecule has 3 aromatic rings. The number of ether oxygens (including phenoxy) is 3. The number of aromatic nitrogens is 1. The van der Waals surface area contributed by atoms with Crippen molar-refractivity contribution in [3.63, 3.8) is 0 Å². The summed E-state index contributed by atoms with van der Waals surface area (Å²) in [5, 5.41) is 0. The van der Waals surface area contributed by atoms with Gasteiger partial charge in [0.25, 0.3) is 0 Å². The van der Waals surface area contributed by atoms with E-state index in [1.807, 2.05) is 13.0 Å². The Morgan fingerprint density at radius 1 is 1.00 bits per heavy atom. The molecule has 49 heavy (non-hydrogen) atoms. The first kappa shape index (κ1) is 35.7. The van der Waals surface area contributed by atoms with Crippen LogP contribution < -0.4 is 4.74 Å². The summed E-state index contributed by atoms with van der Waals surface area (Å²) in [6.07, 6.45) is -8.72. The zero-order chi connectivity index (χ0) is 36.1. The highest BCUT2D eigenvalue weighted by molar-refractivity contribution is 5.90. The van der Waals surface area contributed by atoms with Crippen LogP contribution in [0.15, 0.2) is 54.2 Å². The molecule has 1 amide bonds. The molecular formula is C36H36F6N2O5. The molecule has 1 aliphatic carbocycles. The van der Waals surface area contributed by atoms with Crippen molar-refractivity contribution in [2.45, 2.75) is 71.5 Å². The van der Waals surface area contributed by atoms with Crippen LogP contribution in [0, 0.1) is 12.3 Å². The fraction of sp³-hybridized carbons (Fsp3) is 0.417. The van der Waals surface area contributed by atoms with Crippen molar-refractivity contribution in [1.29, 1.82) is 0 Å². The molecule has 5 rings (SSSR count). The predicted octanol–water partition coefficient (Wildman–Crippen LogP) is 9.44. The summed E-state index contributed by atoms with van der Waals surface area (Å²) in [4.78, 5) is 31.2. The van der Waals surface area contributed by atoms with E-state index in [1.54, 1.807) is 31.3 Å². The van der Waals surface area contributed by atoms with E-state index in [1.165, 1.54) is 19.1 Å². The Morgan fingerprint density at radius 3 is 2.22 bits per heavy atom. The van der Waals surface area contributed by atoms with Crippen LogP contribution >= 0.6 is 0 Å². The normalized spacial score (nSPS) is 19.6. The van der Waals surface area contributed by atoms with Crippen molar-refractivity contribution in [1.82, 2.24) is 9.88 Å². The number of pyridine rings is 1. The van der Waals surface area contributed by atoms with E-state index in [0.717, 1.165) is 34.3 Å². The van der Waals surface area contributed by atoms with Gasteiger partial charge < -0.3 is 14.2 Å². The number of methoxy groups -OCH3 is 2. The molecule has 1 unspecified atom stereocenters. The van der Waals surface area contributed by atoms with Crippen molar-refractivity contribution in [3.8, 4) is 17.0 Å². The lowest BCUT2D eigenvalue weighted by molar-refractivity contribution is -0.143. The van der Waals surface area contributed by atoms with Gasteiger partial charge in [0.15, 0.2) is 0 Å². The molecule has 0 bridgehead atoms. The van der Waals surface area contributed by atoms with Crippen molar-refractivity contribution in [2.24, 2.45) is 5.41 Å². The number of hydrogen-bond acceptors (Lipinski definition) is 6. The van der Waals surface area contributed by atoms with Gasteiger partial charge in [-0.3, -0.25) is 4.90 Å². The number of hydrogen-bond donors (Lipinski definition) is 0. The molecule has 1 aromatic heterocycles. The van der Waals surface area contributed by atoms with Crippen LogP contribution in [0.1, 0.15) is 84.3 Å². The molecule has 2 aromatic carbocycles. The molecule has 0 radical (unpaired) electrons. The van der Waals surface area contributed by atoms with Crippen LogP contribution in [0.4, 0.5) is 31.1 Å². The predicted molar refractivity (Wildman–Crippen MR) is 169 cm³/mol. The zero-order valence-electron chi connectivity index (χ0n) is 27.8. The Balaban J connectivity index is 1.54. The smallest absolute Gasteiger partial charge is 0.416 e. The first-order valence-electron chi connectivity index (χ1n) is 15.5. The second-order valence-electron chi connectivity index (χ2n) is 13.2. The first-order valence-corrected chi connectivity index (χ1v) is 15.5. The molecule has 262 valence electrons. The number of aryl methyl sites for hydroxylation is 1. The third-order valence-electron chi connectivity index (χ3n) is 9.19. The summed E-state index contributed by atoms with van der Waals surface area (Å²) >= 11 is 0. The summed E-state index contributed by atoms with van der Waals surface area (Å²) in [5.41, 5.74) is 1.65. The molecule has 0 spiro atoms. The molecule has 2 heterocycles. The van der Waals surface area contributed by atoms with Gasteiger partial charge in [0, 0.05) is 23.9 Å². The minimum Gasteiger partial charge on any atom is -0.481 e. The van der Waals surface area contributed by atoms with E-state index >= 15 is 0 Å². The molecule has 7 nitrogen and oxygen atoms in total. The van der Waals surface area contributed by atoms with Crippen molar-refractivity contribution >= 4 is 17.6 Å². The largest absolute Gasteiger partial charge is 0.481 e. The number of allylic oxidation sites excluding steroid dienone is 1. The third kappa shape index (κ3) is 7.40. The Bertz CT molecular complexity index is 1780.